The van der Waals surface area contributed by atoms with Crippen molar-refractivity contribution in [3.05, 3.63) is 35.4 Å². The van der Waals surface area contributed by atoms with E-state index in [1.807, 2.05) is 13.8 Å². The van der Waals surface area contributed by atoms with Gasteiger partial charge in [0.05, 0.1) is 0 Å². The van der Waals surface area contributed by atoms with Crippen molar-refractivity contribution in [1.82, 2.24) is 0 Å². The van der Waals surface area contributed by atoms with E-state index in [0.29, 0.717) is 5.92 Å². The van der Waals surface area contributed by atoms with E-state index in [-0.39, 0.29) is 5.41 Å². The largest absolute Gasteiger partial charge is 0.303 e. The van der Waals surface area contributed by atoms with Crippen molar-refractivity contribution in [2.24, 2.45) is 11.3 Å². The number of rotatable bonds is 2. The quantitative estimate of drug-likeness (QED) is 0.652. The molecule has 0 radical (unpaired) electrons. The fourth-order valence-corrected chi connectivity index (χ4v) is 2.18. The average Bonchev–Trinajstić information content (AvgIpc) is 2.61. The third kappa shape index (κ3) is 1.47. The highest BCUT2D eigenvalue weighted by atomic mass is 16.1. The van der Waals surface area contributed by atoms with Gasteiger partial charge in [0, 0.05) is 5.41 Å². The molecular formula is C13H16O. The Bertz CT molecular complexity index is 327. The van der Waals surface area contributed by atoms with E-state index in [2.05, 4.69) is 24.3 Å². The summed E-state index contributed by atoms with van der Waals surface area (Å²) < 4.78 is 0. The van der Waals surface area contributed by atoms with Crippen LogP contribution in [0.15, 0.2) is 24.3 Å². The van der Waals surface area contributed by atoms with Crippen molar-refractivity contribution in [3.8, 4) is 0 Å². The predicted molar refractivity (Wildman–Crippen MR) is 57.2 cm³/mol. The number of carbonyl (C=O) groups is 1. The van der Waals surface area contributed by atoms with Gasteiger partial charge in [0.15, 0.2) is 0 Å². The van der Waals surface area contributed by atoms with Crippen LogP contribution in [0.1, 0.15) is 25.0 Å². The van der Waals surface area contributed by atoms with Crippen molar-refractivity contribution in [3.63, 3.8) is 0 Å². The fourth-order valence-electron chi connectivity index (χ4n) is 2.18. The van der Waals surface area contributed by atoms with Gasteiger partial charge in [0.25, 0.3) is 0 Å². The number of carbonyl (C=O) groups excluding carboxylic acids is 1. The molecular weight excluding hydrogens is 172 g/mol. The molecule has 0 aliphatic heterocycles. The Balaban J connectivity index is 2.23. The summed E-state index contributed by atoms with van der Waals surface area (Å²) in [7, 11) is 0. The Hall–Kier alpha value is -1.11. The molecule has 0 aromatic heterocycles. The fraction of sp³-hybridized carbons (Fsp3) is 0.462. The summed E-state index contributed by atoms with van der Waals surface area (Å²) in [5.74, 6) is 0.484. The maximum Gasteiger partial charge on any atom is 0.125 e. The average molecular weight is 188 g/mol. The maximum atomic E-state index is 11.0. The van der Waals surface area contributed by atoms with Gasteiger partial charge in [-0.05, 0) is 29.9 Å². The van der Waals surface area contributed by atoms with Crippen LogP contribution in [0.4, 0.5) is 0 Å². The molecule has 14 heavy (non-hydrogen) atoms. The Labute approximate surface area is 85.1 Å². The SMILES string of the molecule is CC(C)(C=O)C1Cc2ccccc2C1. The Morgan fingerprint density at radius 1 is 1.21 bits per heavy atom. The zero-order valence-electron chi connectivity index (χ0n) is 8.79. The molecule has 1 aromatic rings. The molecule has 1 aliphatic carbocycles. The minimum atomic E-state index is -0.182. The molecule has 0 saturated heterocycles. The molecule has 0 atom stereocenters. The highest BCUT2D eigenvalue weighted by Crippen LogP contribution is 2.37. The van der Waals surface area contributed by atoms with Gasteiger partial charge in [-0.2, -0.15) is 0 Å². The van der Waals surface area contributed by atoms with E-state index < -0.39 is 0 Å². The molecule has 74 valence electrons. The van der Waals surface area contributed by atoms with Gasteiger partial charge < -0.3 is 4.79 Å². The van der Waals surface area contributed by atoms with E-state index in [9.17, 15) is 4.79 Å². The summed E-state index contributed by atoms with van der Waals surface area (Å²) >= 11 is 0. The van der Waals surface area contributed by atoms with Crippen LogP contribution in [0.3, 0.4) is 0 Å². The molecule has 0 saturated carbocycles. The lowest BCUT2D eigenvalue weighted by Gasteiger charge is -2.24. The summed E-state index contributed by atoms with van der Waals surface area (Å²) in [6, 6.07) is 8.51. The standard InChI is InChI=1S/C13H16O/c1-13(2,9-14)12-7-10-5-3-4-6-11(10)8-12/h3-6,9,12H,7-8H2,1-2H3. The molecule has 1 heteroatoms. The smallest absolute Gasteiger partial charge is 0.125 e. The van der Waals surface area contributed by atoms with Gasteiger partial charge in [-0.1, -0.05) is 38.1 Å². The molecule has 0 unspecified atom stereocenters. The number of hydrogen-bond acceptors (Lipinski definition) is 1. The van der Waals surface area contributed by atoms with Crippen molar-refractivity contribution < 1.29 is 4.79 Å². The summed E-state index contributed by atoms with van der Waals surface area (Å²) in [6.45, 7) is 4.08. The molecule has 1 aromatic carbocycles. The first-order valence-corrected chi connectivity index (χ1v) is 5.16. The van der Waals surface area contributed by atoms with Gasteiger partial charge in [-0.25, -0.2) is 0 Å². The van der Waals surface area contributed by atoms with Gasteiger partial charge in [0.2, 0.25) is 0 Å². The minimum Gasteiger partial charge on any atom is -0.303 e. The third-order valence-electron chi connectivity index (χ3n) is 3.41. The molecule has 0 amide bonds. The second-order valence-electron chi connectivity index (χ2n) is 4.81. The number of aldehydes is 1. The molecule has 0 bridgehead atoms. The lowest BCUT2D eigenvalue weighted by atomic mass is 9.78. The molecule has 0 spiro atoms. The zero-order chi connectivity index (χ0) is 10.2. The van der Waals surface area contributed by atoms with Gasteiger partial charge in [-0.15, -0.1) is 0 Å². The highest BCUT2D eigenvalue weighted by molar-refractivity contribution is 5.59. The van der Waals surface area contributed by atoms with Crippen LogP contribution in [-0.2, 0) is 17.6 Å². The van der Waals surface area contributed by atoms with Crippen molar-refractivity contribution >= 4 is 6.29 Å². The first-order chi connectivity index (χ1) is 6.63. The van der Waals surface area contributed by atoms with E-state index in [0.717, 1.165) is 19.1 Å². The Morgan fingerprint density at radius 3 is 2.14 bits per heavy atom. The second kappa shape index (κ2) is 3.23. The number of fused-ring (bicyclic) bond motifs is 1. The van der Waals surface area contributed by atoms with Gasteiger partial charge in [-0.3, -0.25) is 0 Å². The van der Waals surface area contributed by atoms with Crippen LogP contribution in [0.25, 0.3) is 0 Å². The molecule has 0 heterocycles. The van der Waals surface area contributed by atoms with Gasteiger partial charge >= 0.3 is 0 Å². The highest BCUT2D eigenvalue weighted by Gasteiger charge is 2.33. The van der Waals surface area contributed by atoms with Crippen LogP contribution in [0.5, 0.6) is 0 Å². The van der Waals surface area contributed by atoms with Crippen molar-refractivity contribution in [1.29, 1.82) is 0 Å². The lowest BCUT2D eigenvalue weighted by molar-refractivity contribution is -0.116. The zero-order valence-corrected chi connectivity index (χ0v) is 8.79. The van der Waals surface area contributed by atoms with Crippen LogP contribution in [0.2, 0.25) is 0 Å². The monoisotopic (exact) mass is 188 g/mol. The second-order valence-corrected chi connectivity index (χ2v) is 4.81. The molecule has 0 N–H and O–H groups in total. The molecule has 2 rings (SSSR count). The number of hydrogen-bond donors (Lipinski definition) is 0. The number of benzene rings is 1. The van der Waals surface area contributed by atoms with E-state index in [1.165, 1.54) is 11.1 Å². The normalized spacial score (nSPS) is 16.7. The summed E-state index contributed by atoms with van der Waals surface area (Å²) in [4.78, 5) is 11.0. The Kier molecular flexibility index (Phi) is 2.18. The minimum absolute atomic E-state index is 0.182. The van der Waals surface area contributed by atoms with Crippen LogP contribution in [0, 0.1) is 11.3 Å². The summed E-state index contributed by atoms with van der Waals surface area (Å²) in [6.07, 6.45) is 3.22. The van der Waals surface area contributed by atoms with Crippen molar-refractivity contribution in [2.45, 2.75) is 26.7 Å². The topological polar surface area (TPSA) is 17.1 Å². The first-order valence-electron chi connectivity index (χ1n) is 5.16. The molecule has 1 nitrogen and oxygen atoms in total. The van der Waals surface area contributed by atoms with E-state index >= 15 is 0 Å². The summed E-state index contributed by atoms with van der Waals surface area (Å²) in [5, 5.41) is 0. The van der Waals surface area contributed by atoms with Crippen LogP contribution < -0.4 is 0 Å². The van der Waals surface area contributed by atoms with E-state index in [1.54, 1.807) is 0 Å². The first kappa shape index (κ1) is 9.45. The lowest BCUT2D eigenvalue weighted by Crippen LogP contribution is -2.25. The van der Waals surface area contributed by atoms with Crippen molar-refractivity contribution in [2.75, 3.05) is 0 Å². The van der Waals surface area contributed by atoms with Gasteiger partial charge in [0.1, 0.15) is 6.29 Å². The Morgan fingerprint density at radius 2 is 1.71 bits per heavy atom. The third-order valence-corrected chi connectivity index (χ3v) is 3.41. The molecule has 1 aliphatic rings. The molecule has 0 fully saturated rings. The van der Waals surface area contributed by atoms with Crippen LogP contribution >= 0.6 is 0 Å². The maximum absolute atomic E-state index is 11.0. The van der Waals surface area contributed by atoms with Crippen LogP contribution in [-0.4, -0.2) is 6.29 Å². The van der Waals surface area contributed by atoms with E-state index in [4.69, 9.17) is 0 Å². The predicted octanol–water partition coefficient (Wildman–Crippen LogP) is 2.63. The summed E-state index contributed by atoms with van der Waals surface area (Å²) in [5.41, 5.74) is 2.67.